The molecule has 1 heterocycles. The highest BCUT2D eigenvalue weighted by molar-refractivity contribution is 6.63. The van der Waals surface area contributed by atoms with Gasteiger partial charge < -0.3 is 19.4 Å². The van der Waals surface area contributed by atoms with E-state index in [0.717, 1.165) is 12.8 Å². The first kappa shape index (κ1) is 18.1. The van der Waals surface area contributed by atoms with E-state index in [2.05, 4.69) is 10.1 Å². The number of hydrogen-bond acceptors (Lipinski definition) is 4. The van der Waals surface area contributed by atoms with Crippen LogP contribution in [0.2, 0.25) is 0 Å². The molecule has 0 atom stereocenters. The normalized spacial score (nSPS) is 21.5. The summed E-state index contributed by atoms with van der Waals surface area (Å²) in [5.74, 6) is -0.418. The molecule has 3 rings (SSSR count). The molecule has 1 aromatic rings. The Morgan fingerprint density at radius 3 is 2.36 bits per heavy atom. The summed E-state index contributed by atoms with van der Waals surface area (Å²) in [6.07, 6.45) is 1.89. The van der Waals surface area contributed by atoms with Crippen molar-refractivity contribution >= 4 is 18.5 Å². The molecule has 136 valence electrons. The molecule has 25 heavy (non-hydrogen) atoms. The SMILES string of the molecule is CC1(C)OB(c2ccc(C(=O)NC3CC3)cc2OC(F)F)OC1(C)C. The van der Waals surface area contributed by atoms with Crippen LogP contribution in [-0.4, -0.2) is 36.9 Å². The lowest BCUT2D eigenvalue weighted by Crippen LogP contribution is -2.41. The zero-order valence-corrected chi connectivity index (χ0v) is 14.8. The van der Waals surface area contributed by atoms with Gasteiger partial charge in [-0.2, -0.15) is 8.78 Å². The Balaban J connectivity index is 1.89. The molecule has 0 aromatic heterocycles. The molecule has 8 heteroatoms. The van der Waals surface area contributed by atoms with Gasteiger partial charge in [0.2, 0.25) is 0 Å². The molecule has 1 saturated heterocycles. The number of hydrogen-bond donors (Lipinski definition) is 1. The van der Waals surface area contributed by atoms with Crippen LogP contribution in [0.4, 0.5) is 8.78 Å². The Bertz CT molecular complexity index is 661. The molecule has 0 unspecified atom stereocenters. The van der Waals surface area contributed by atoms with Crippen molar-refractivity contribution < 1.29 is 27.6 Å². The zero-order chi connectivity index (χ0) is 18.4. The maximum atomic E-state index is 12.8. The van der Waals surface area contributed by atoms with Crippen molar-refractivity contribution in [1.82, 2.24) is 5.32 Å². The van der Waals surface area contributed by atoms with E-state index in [9.17, 15) is 13.6 Å². The van der Waals surface area contributed by atoms with Crippen LogP contribution in [0.3, 0.4) is 0 Å². The number of rotatable bonds is 5. The molecular formula is C17H22BF2NO4. The fraction of sp³-hybridized carbons (Fsp3) is 0.588. The molecule has 5 nitrogen and oxygen atoms in total. The first-order valence-electron chi connectivity index (χ1n) is 8.34. The number of benzene rings is 1. The van der Waals surface area contributed by atoms with Gasteiger partial charge in [0.25, 0.3) is 5.91 Å². The number of halogens is 2. The minimum Gasteiger partial charge on any atom is -0.435 e. The molecule has 1 amide bonds. The van der Waals surface area contributed by atoms with Crippen LogP contribution in [-0.2, 0) is 9.31 Å². The summed E-state index contributed by atoms with van der Waals surface area (Å²) in [6.45, 7) is 4.48. The number of nitrogens with one attached hydrogen (secondary N) is 1. The molecule has 0 spiro atoms. The van der Waals surface area contributed by atoms with Gasteiger partial charge in [0.05, 0.1) is 11.2 Å². The van der Waals surface area contributed by atoms with Gasteiger partial charge in [-0.3, -0.25) is 4.79 Å². The first-order chi connectivity index (χ1) is 11.6. The molecule has 0 bridgehead atoms. The summed E-state index contributed by atoms with van der Waals surface area (Å²) in [5, 5.41) is 2.82. The average Bonchev–Trinajstić information content (AvgIpc) is 3.25. The number of ether oxygens (including phenoxy) is 1. The minimum atomic E-state index is -3.01. The predicted octanol–water partition coefficient (Wildman–Crippen LogP) is 2.48. The topological polar surface area (TPSA) is 56.8 Å². The highest BCUT2D eigenvalue weighted by Crippen LogP contribution is 2.37. The Hall–Kier alpha value is -1.67. The maximum Gasteiger partial charge on any atom is 0.498 e. The Labute approximate surface area is 146 Å². The van der Waals surface area contributed by atoms with E-state index in [0.29, 0.717) is 5.46 Å². The van der Waals surface area contributed by atoms with E-state index in [-0.39, 0.29) is 23.3 Å². The largest absolute Gasteiger partial charge is 0.498 e. The van der Waals surface area contributed by atoms with Crippen LogP contribution in [0.15, 0.2) is 18.2 Å². The molecule has 1 aliphatic heterocycles. The van der Waals surface area contributed by atoms with Gasteiger partial charge in [-0.1, -0.05) is 6.07 Å². The maximum absolute atomic E-state index is 12.8. The van der Waals surface area contributed by atoms with Crippen molar-refractivity contribution in [2.75, 3.05) is 0 Å². The zero-order valence-electron chi connectivity index (χ0n) is 14.8. The quantitative estimate of drug-likeness (QED) is 0.827. The van der Waals surface area contributed by atoms with Crippen molar-refractivity contribution in [1.29, 1.82) is 0 Å². The minimum absolute atomic E-state index is 0.114. The van der Waals surface area contributed by atoms with Gasteiger partial charge >= 0.3 is 13.7 Å². The Morgan fingerprint density at radius 2 is 1.84 bits per heavy atom. The van der Waals surface area contributed by atoms with Gasteiger partial charge in [0, 0.05) is 17.1 Å². The summed E-state index contributed by atoms with van der Waals surface area (Å²) in [7, 11) is -0.848. The van der Waals surface area contributed by atoms with Crippen LogP contribution in [0.25, 0.3) is 0 Å². The van der Waals surface area contributed by atoms with E-state index in [1.54, 1.807) is 12.1 Å². The van der Waals surface area contributed by atoms with Crippen molar-refractivity contribution in [2.24, 2.45) is 0 Å². The molecule has 2 aliphatic rings. The summed E-state index contributed by atoms with van der Waals surface area (Å²) in [4.78, 5) is 12.2. The van der Waals surface area contributed by atoms with E-state index in [4.69, 9.17) is 9.31 Å². The first-order valence-corrected chi connectivity index (χ1v) is 8.34. The second-order valence-electron chi connectivity index (χ2n) is 7.47. The standard InChI is InChI=1S/C17H22BF2NO4/c1-16(2)17(3,4)25-18(24-16)12-8-5-10(9-13(12)23-15(19)20)14(22)21-11-6-7-11/h5,8-9,11,15H,6-7H2,1-4H3,(H,21,22). The Kier molecular flexibility index (Phi) is 4.53. The molecular weight excluding hydrogens is 331 g/mol. The monoisotopic (exact) mass is 353 g/mol. The van der Waals surface area contributed by atoms with Crippen molar-refractivity contribution in [3.63, 3.8) is 0 Å². The van der Waals surface area contributed by atoms with Crippen LogP contribution < -0.4 is 15.5 Å². The van der Waals surface area contributed by atoms with Gasteiger partial charge in [-0.25, -0.2) is 0 Å². The van der Waals surface area contributed by atoms with Crippen molar-refractivity contribution in [2.45, 2.75) is 64.4 Å². The van der Waals surface area contributed by atoms with E-state index < -0.39 is 24.9 Å². The summed E-state index contributed by atoms with van der Waals surface area (Å²) >= 11 is 0. The number of amides is 1. The lowest BCUT2D eigenvalue weighted by Gasteiger charge is -2.32. The summed E-state index contributed by atoms with van der Waals surface area (Å²) < 4.78 is 42.1. The van der Waals surface area contributed by atoms with E-state index in [1.807, 2.05) is 27.7 Å². The lowest BCUT2D eigenvalue weighted by atomic mass is 9.78. The van der Waals surface area contributed by atoms with Crippen molar-refractivity contribution in [3.8, 4) is 5.75 Å². The molecule has 1 saturated carbocycles. The molecule has 1 N–H and O–H groups in total. The predicted molar refractivity (Wildman–Crippen MR) is 89.3 cm³/mol. The van der Waals surface area contributed by atoms with Crippen LogP contribution >= 0.6 is 0 Å². The second kappa shape index (κ2) is 6.25. The van der Waals surface area contributed by atoms with Crippen LogP contribution in [0, 0.1) is 0 Å². The third kappa shape index (κ3) is 3.79. The highest BCUT2D eigenvalue weighted by Gasteiger charge is 2.52. The average molecular weight is 353 g/mol. The van der Waals surface area contributed by atoms with Crippen LogP contribution in [0.5, 0.6) is 5.75 Å². The van der Waals surface area contributed by atoms with Gasteiger partial charge in [0.15, 0.2) is 0 Å². The highest BCUT2D eigenvalue weighted by atomic mass is 19.3. The second-order valence-corrected chi connectivity index (χ2v) is 7.47. The number of carbonyl (C=O) groups excluding carboxylic acids is 1. The Morgan fingerprint density at radius 1 is 1.24 bits per heavy atom. The van der Waals surface area contributed by atoms with Crippen LogP contribution in [0.1, 0.15) is 50.9 Å². The lowest BCUT2D eigenvalue weighted by molar-refractivity contribution is -0.0493. The smallest absolute Gasteiger partial charge is 0.435 e. The van der Waals surface area contributed by atoms with Gasteiger partial charge in [-0.05, 0) is 52.7 Å². The van der Waals surface area contributed by atoms with E-state index >= 15 is 0 Å². The number of alkyl halides is 2. The molecule has 0 radical (unpaired) electrons. The molecule has 1 aromatic carbocycles. The summed E-state index contributed by atoms with van der Waals surface area (Å²) in [6, 6.07) is 4.59. The van der Waals surface area contributed by atoms with Gasteiger partial charge in [-0.15, -0.1) is 0 Å². The molecule has 2 fully saturated rings. The third-order valence-electron chi connectivity index (χ3n) is 4.91. The summed E-state index contributed by atoms with van der Waals surface area (Å²) in [5.41, 5.74) is -0.617. The van der Waals surface area contributed by atoms with E-state index in [1.165, 1.54) is 6.07 Å². The third-order valence-corrected chi connectivity index (χ3v) is 4.91. The fourth-order valence-corrected chi connectivity index (χ4v) is 2.53. The molecule has 1 aliphatic carbocycles. The van der Waals surface area contributed by atoms with Gasteiger partial charge in [0.1, 0.15) is 5.75 Å². The van der Waals surface area contributed by atoms with Crippen molar-refractivity contribution in [3.05, 3.63) is 23.8 Å². The fourth-order valence-electron chi connectivity index (χ4n) is 2.53. The number of carbonyl (C=O) groups is 1.